The molecule has 1 amide bonds. The molecule has 0 radical (unpaired) electrons. The van der Waals surface area contributed by atoms with Gasteiger partial charge in [0.05, 0.1) is 18.8 Å². The summed E-state index contributed by atoms with van der Waals surface area (Å²) in [5.74, 6) is -0.333. The van der Waals surface area contributed by atoms with Crippen LogP contribution in [0, 0.1) is 0 Å². The molecule has 1 fully saturated rings. The van der Waals surface area contributed by atoms with Gasteiger partial charge in [-0.15, -0.1) is 10.2 Å². The molecular weight excluding hydrogens is 508 g/mol. The topological polar surface area (TPSA) is 136 Å². The molecule has 4 rings (SSSR count). The molecule has 0 bridgehead atoms. The van der Waals surface area contributed by atoms with Gasteiger partial charge in [0, 0.05) is 43.3 Å². The number of amides is 1. The normalized spacial score (nSPS) is 19.3. The molecule has 1 aliphatic heterocycles. The van der Waals surface area contributed by atoms with E-state index in [9.17, 15) is 14.7 Å². The van der Waals surface area contributed by atoms with Gasteiger partial charge in [0.2, 0.25) is 5.91 Å². The Labute approximate surface area is 225 Å². The molecular formula is C27H32N4O6S. The van der Waals surface area contributed by atoms with Crippen molar-refractivity contribution in [3.05, 3.63) is 71.5 Å². The van der Waals surface area contributed by atoms with Gasteiger partial charge in [-0.3, -0.25) is 9.59 Å². The molecule has 202 valence electrons. The first-order valence-corrected chi connectivity index (χ1v) is 13.5. The first-order valence-electron chi connectivity index (χ1n) is 12.5. The molecule has 11 heteroatoms. The Hall–Kier alpha value is -3.25. The van der Waals surface area contributed by atoms with Crippen LogP contribution in [0.25, 0.3) is 0 Å². The Balaban J connectivity index is 1.41. The number of carboxylic acid groups (broad SMARTS) is 1. The molecule has 2 heterocycles. The zero-order valence-electron chi connectivity index (χ0n) is 21.2. The van der Waals surface area contributed by atoms with Gasteiger partial charge in [-0.25, -0.2) is 0 Å². The molecule has 2 aromatic carbocycles. The predicted octanol–water partition coefficient (Wildman–Crippen LogP) is 4.23. The Morgan fingerprint density at radius 3 is 2.42 bits per heavy atom. The van der Waals surface area contributed by atoms with Crippen molar-refractivity contribution in [2.45, 2.75) is 62.4 Å². The SMILES string of the molecule is Cn1cnnc1SC[C@H]1C[C@@H](c2ccc(CO)cc2)O[C@@H](c2ccc(NC(=O)CCCCC(=O)O)cc2)O1. The summed E-state index contributed by atoms with van der Waals surface area (Å²) < 4.78 is 14.6. The van der Waals surface area contributed by atoms with Crippen LogP contribution in [0.5, 0.6) is 0 Å². The fourth-order valence-corrected chi connectivity index (χ4v) is 5.01. The lowest BCUT2D eigenvalue weighted by molar-refractivity contribution is -0.245. The van der Waals surface area contributed by atoms with Gasteiger partial charge < -0.3 is 29.6 Å². The monoisotopic (exact) mass is 540 g/mol. The summed E-state index contributed by atoms with van der Waals surface area (Å²) in [7, 11) is 1.90. The average molecular weight is 541 g/mol. The molecule has 1 aliphatic rings. The Morgan fingerprint density at radius 1 is 1.05 bits per heavy atom. The average Bonchev–Trinajstić information content (AvgIpc) is 3.34. The van der Waals surface area contributed by atoms with Crippen molar-refractivity contribution in [1.82, 2.24) is 14.8 Å². The number of aliphatic hydroxyl groups is 1. The molecule has 0 saturated carbocycles. The van der Waals surface area contributed by atoms with Gasteiger partial charge in [-0.1, -0.05) is 48.2 Å². The van der Waals surface area contributed by atoms with E-state index in [1.807, 2.05) is 48.0 Å². The molecule has 38 heavy (non-hydrogen) atoms. The minimum atomic E-state index is -0.855. The number of rotatable bonds is 12. The highest BCUT2D eigenvalue weighted by Gasteiger charge is 2.32. The van der Waals surface area contributed by atoms with Crippen LogP contribution in [0.2, 0.25) is 0 Å². The molecule has 10 nitrogen and oxygen atoms in total. The lowest BCUT2D eigenvalue weighted by atomic mass is 10.0. The van der Waals surface area contributed by atoms with Crippen LogP contribution in [0.3, 0.4) is 0 Å². The summed E-state index contributed by atoms with van der Waals surface area (Å²) in [4.78, 5) is 22.8. The Morgan fingerprint density at radius 2 is 1.76 bits per heavy atom. The van der Waals surface area contributed by atoms with E-state index in [0.717, 1.165) is 21.8 Å². The second-order valence-electron chi connectivity index (χ2n) is 9.16. The zero-order valence-corrected chi connectivity index (χ0v) is 22.0. The third-order valence-corrected chi connectivity index (χ3v) is 7.36. The van der Waals surface area contributed by atoms with Gasteiger partial charge in [0.25, 0.3) is 0 Å². The van der Waals surface area contributed by atoms with E-state index in [1.165, 1.54) is 0 Å². The second kappa shape index (κ2) is 13.5. The van der Waals surface area contributed by atoms with E-state index >= 15 is 0 Å². The number of hydrogen-bond acceptors (Lipinski definition) is 8. The number of nitrogens with one attached hydrogen (secondary N) is 1. The smallest absolute Gasteiger partial charge is 0.303 e. The number of benzene rings is 2. The van der Waals surface area contributed by atoms with Crippen molar-refractivity contribution < 1.29 is 29.3 Å². The van der Waals surface area contributed by atoms with Crippen molar-refractivity contribution >= 4 is 29.3 Å². The molecule has 0 aliphatic carbocycles. The molecule has 3 atom stereocenters. The number of thioether (sulfide) groups is 1. The number of carbonyl (C=O) groups excluding carboxylic acids is 1. The standard InChI is InChI=1S/C27H32N4O6S/c1-31-17-28-30-27(31)38-16-22-14-23(19-8-6-18(15-32)7-9-19)37-26(36-22)20-10-12-21(13-11-20)29-24(33)4-2-3-5-25(34)35/h6-13,17,22-23,26,32H,2-5,14-16H2,1H3,(H,29,33)(H,34,35)/t22-,23+,26+/m1/s1. The molecule has 1 aromatic heterocycles. The third kappa shape index (κ3) is 7.87. The number of hydrogen-bond donors (Lipinski definition) is 3. The quantitative estimate of drug-likeness (QED) is 0.228. The van der Waals surface area contributed by atoms with Crippen molar-refractivity contribution in [3.8, 4) is 0 Å². The van der Waals surface area contributed by atoms with Crippen LogP contribution in [-0.2, 0) is 32.7 Å². The van der Waals surface area contributed by atoms with Crippen LogP contribution < -0.4 is 5.32 Å². The van der Waals surface area contributed by atoms with E-state index < -0.39 is 12.3 Å². The van der Waals surface area contributed by atoms with E-state index in [-0.39, 0.29) is 37.6 Å². The number of unbranched alkanes of at least 4 members (excludes halogenated alkanes) is 1. The summed E-state index contributed by atoms with van der Waals surface area (Å²) in [5, 5.41) is 29.8. The fourth-order valence-electron chi connectivity index (χ4n) is 4.10. The molecule has 0 unspecified atom stereocenters. The van der Waals surface area contributed by atoms with Crippen LogP contribution >= 0.6 is 11.8 Å². The fraction of sp³-hybridized carbons (Fsp3) is 0.407. The summed E-state index contributed by atoms with van der Waals surface area (Å²) >= 11 is 1.58. The molecule has 3 aromatic rings. The number of ether oxygens (including phenoxy) is 2. The molecule has 1 saturated heterocycles. The van der Waals surface area contributed by atoms with Crippen molar-refractivity contribution in [2.24, 2.45) is 7.05 Å². The number of carbonyl (C=O) groups is 2. The van der Waals surface area contributed by atoms with E-state index in [0.29, 0.717) is 30.7 Å². The Kier molecular flexibility index (Phi) is 9.88. The first-order chi connectivity index (χ1) is 18.4. The molecule has 3 N–H and O–H groups in total. The zero-order chi connectivity index (χ0) is 26.9. The highest BCUT2D eigenvalue weighted by Crippen LogP contribution is 2.39. The number of aryl methyl sites for hydroxylation is 1. The van der Waals surface area contributed by atoms with Gasteiger partial charge in [0.1, 0.15) is 6.33 Å². The molecule has 0 spiro atoms. The highest BCUT2D eigenvalue weighted by atomic mass is 32.2. The number of aliphatic carboxylic acids is 1. The maximum atomic E-state index is 12.2. The van der Waals surface area contributed by atoms with Gasteiger partial charge in [-0.05, 0) is 36.1 Å². The van der Waals surface area contributed by atoms with Crippen LogP contribution in [0.1, 0.15) is 61.2 Å². The summed E-state index contributed by atoms with van der Waals surface area (Å²) in [5.41, 5.74) is 3.33. The number of anilines is 1. The number of aliphatic hydroxyl groups excluding tert-OH is 1. The van der Waals surface area contributed by atoms with Crippen molar-refractivity contribution in [3.63, 3.8) is 0 Å². The van der Waals surface area contributed by atoms with E-state index in [1.54, 1.807) is 30.2 Å². The minimum Gasteiger partial charge on any atom is -0.481 e. The lowest BCUT2D eigenvalue weighted by Gasteiger charge is -2.36. The van der Waals surface area contributed by atoms with E-state index in [2.05, 4.69) is 15.5 Å². The minimum absolute atomic E-state index is 0.0142. The number of carboxylic acids is 1. The highest BCUT2D eigenvalue weighted by molar-refractivity contribution is 7.99. The predicted molar refractivity (Wildman–Crippen MR) is 141 cm³/mol. The van der Waals surface area contributed by atoms with Gasteiger partial charge >= 0.3 is 5.97 Å². The van der Waals surface area contributed by atoms with Gasteiger partial charge in [-0.2, -0.15) is 0 Å². The third-order valence-electron chi connectivity index (χ3n) is 6.19. The number of aromatic nitrogens is 3. The lowest BCUT2D eigenvalue weighted by Crippen LogP contribution is -2.31. The second-order valence-corrected chi connectivity index (χ2v) is 10.1. The van der Waals surface area contributed by atoms with Crippen LogP contribution in [0.15, 0.2) is 60.0 Å². The first kappa shape index (κ1) is 27.8. The van der Waals surface area contributed by atoms with E-state index in [4.69, 9.17) is 14.6 Å². The largest absolute Gasteiger partial charge is 0.481 e. The maximum absolute atomic E-state index is 12.2. The van der Waals surface area contributed by atoms with Crippen molar-refractivity contribution in [2.75, 3.05) is 11.1 Å². The van der Waals surface area contributed by atoms with Crippen LogP contribution in [0.4, 0.5) is 5.69 Å². The summed E-state index contributed by atoms with van der Waals surface area (Å²) in [6.07, 6.45) is 2.75. The maximum Gasteiger partial charge on any atom is 0.303 e. The van der Waals surface area contributed by atoms with Gasteiger partial charge in [0.15, 0.2) is 11.4 Å². The van der Waals surface area contributed by atoms with Crippen molar-refractivity contribution in [1.29, 1.82) is 0 Å². The summed E-state index contributed by atoms with van der Waals surface area (Å²) in [6.45, 7) is -0.0142. The Bertz CT molecular complexity index is 1200. The van der Waals surface area contributed by atoms with Crippen LogP contribution in [-0.4, -0.2) is 48.7 Å². The number of nitrogens with zero attached hydrogens (tertiary/aromatic N) is 3. The summed E-state index contributed by atoms with van der Waals surface area (Å²) in [6, 6.07) is 15.1.